The molecule has 1 N–H and O–H groups in total. The van der Waals surface area contributed by atoms with Crippen molar-refractivity contribution >= 4 is 17.6 Å². The molecule has 1 atom stereocenters. The van der Waals surface area contributed by atoms with Gasteiger partial charge < -0.3 is 10.2 Å². The molecule has 1 aromatic rings. The first-order chi connectivity index (χ1) is 10.7. The number of nitrogens with one attached hydrogen (secondary N) is 1. The lowest BCUT2D eigenvalue weighted by Crippen LogP contribution is -2.47. The number of carbonyl (C=O) groups excluding carboxylic acids is 1. The number of halogens is 1. The summed E-state index contributed by atoms with van der Waals surface area (Å²) in [6.07, 6.45) is 8.20. The molecule has 0 aromatic heterocycles. The van der Waals surface area contributed by atoms with Crippen molar-refractivity contribution < 1.29 is 4.79 Å². The Morgan fingerprint density at radius 3 is 2.50 bits per heavy atom. The Bertz CT molecular complexity index is 524. The van der Waals surface area contributed by atoms with Crippen molar-refractivity contribution in [2.75, 3.05) is 0 Å². The Labute approximate surface area is 138 Å². The van der Waals surface area contributed by atoms with Gasteiger partial charge in [0.25, 0.3) is 0 Å². The molecule has 22 heavy (non-hydrogen) atoms. The smallest absolute Gasteiger partial charge is 0.318 e. The van der Waals surface area contributed by atoms with E-state index in [1.165, 1.54) is 19.3 Å². The Balaban J connectivity index is 1.71. The quantitative estimate of drug-likeness (QED) is 0.840. The summed E-state index contributed by atoms with van der Waals surface area (Å²) in [7, 11) is 0. The second-order valence-corrected chi connectivity index (χ2v) is 7.03. The van der Waals surface area contributed by atoms with Crippen molar-refractivity contribution in [2.24, 2.45) is 0 Å². The lowest BCUT2D eigenvalue weighted by atomic mass is 9.95. The molecular weight excluding hydrogens is 296 g/mol. The molecule has 0 saturated heterocycles. The van der Waals surface area contributed by atoms with Crippen LogP contribution in [0.4, 0.5) is 4.79 Å². The van der Waals surface area contributed by atoms with E-state index in [1.54, 1.807) is 0 Å². The number of amides is 2. The molecule has 2 saturated carbocycles. The van der Waals surface area contributed by atoms with Gasteiger partial charge in [-0.2, -0.15) is 0 Å². The highest BCUT2D eigenvalue weighted by Crippen LogP contribution is 2.36. The van der Waals surface area contributed by atoms with E-state index >= 15 is 0 Å². The van der Waals surface area contributed by atoms with Crippen molar-refractivity contribution in [3.63, 3.8) is 0 Å². The van der Waals surface area contributed by atoms with Crippen LogP contribution in [0.15, 0.2) is 24.3 Å². The van der Waals surface area contributed by atoms with Crippen molar-refractivity contribution in [2.45, 2.75) is 70.0 Å². The number of nitrogens with zero attached hydrogens (tertiary/aromatic N) is 1. The number of urea groups is 1. The van der Waals surface area contributed by atoms with Crippen LogP contribution >= 0.6 is 11.6 Å². The molecule has 120 valence electrons. The highest BCUT2D eigenvalue weighted by molar-refractivity contribution is 6.31. The summed E-state index contributed by atoms with van der Waals surface area (Å²) in [5.74, 6) is 0. The molecule has 1 aromatic carbocycles. The van der Waals surface area contributed by atoms with Gasteiger partial charge in [0.1, 0.15) is 0 Å². The van der Waals surface area contributed by atoms with E-state index in [1.807, 2.05) is 29.2 Å². The molecule has 2 amide bonds. The molecule has 0 bridgehead atoms. The SMILES string of the molecule is C[C@@H](c1ccccc1Cl)N(C(=O)NC1CCCCC1)C1CC1. The van der Waals surface area contributed by atoms with Gasteiger partial charge in [-0.25, -0.2) is 4.79 Å². The van der Waals surface area contributed by atoms with E-state index in [0.29, 0.717) is 12.1 Å². The topological polar surface area (TPSA) is 32.3 Å². The van der Waals surface area contributed by atoms with Gasteiger partial charge >= 0.3 is 6.03 Å². The van der Waals surface area contributed by atoms with Crippen LogP contribution in [0.1, 0.15) is 63.5 Å². The molecular formula is C18H25ClN2O. The highest BCUT2D eigenvalue weighted by atomic mass is 35.5. The molecule has 0 heterocycles. The zero-order chi connectivity index (χ0) is 15.5. The predicted molar refractivity (Wildman–Crippen MR) is 90.1 cm³/mol. The number of hydrogen-bond acceptors (Lipinski definition) is 1. The van der Waals surface area contributed by atoms with Crippen LogP contribution in [0.25, 0.3) is 0 Å². The maximum atomic E-state index is 12.8. The van der Waals surface area contributed by atoms with Gasteiger partial charge in [-0.15, -0.1) is 0 Å². The summed E-state index contributed by atoms with van der Waals surface area (Å²) in [5, 5.41) is 4.00. The maximum absolute atomic E-state index is 12.8. The van der Waals surface area contributed by atoms with Crippen molar-refractivity contribution in [1.29, 1.82) is 0 Å². The molecule has 4 heteroatoms. The van der Waals surface area contributed by atoms with Gasteiger partial charge in [0.05, 0.1) is 6.04 Å². The van der Waals surface area contributed by atoms with Gasteiger partial charge in [0, 0.05) is 17.1 Å². The molecule has 3 rings (SSSR count). The second kappa shape index (κ2) is 6.91. The first-order valence-electron chi connectivity index (χ1n) is 8.50. The zero-order valence-electron chi connectivity index (χ0n) is 13.2. The number of rotatable bonds is 4. The van der Waals surface area contributed by atoms with Gasteiger partial charge in [-0.05, 0) is 44.2 Å². The fourth-order valence-electron chi connectivity index (χ4n) is 3.47. The fourth-order valence-corrected chi connectivity index (χ4v) is 3.76. The van der Waals surface area contributed by atoms with Crippen LogP contribution in [-0.2, 0) is 0 Å². The Morgan fingerprint density at radius 1 is 1.18 bits per heavy atom. The van der Waals surface area contributed by atoms with Gasteiger partial charge in [-0.3, -0.25) is 0 Å². The lowest BCUT2D eigenvalue weighted by Gasteiger charge is -2.33. The van der Waals surface area contributed by atoms with Gasteiger partial charge in [0.2, 0.25) is 0 Å². The zero-order valence-corrected chi connectivity index (χ0v) is 14.0. The van der Waals surface area contributed by atoms with Crippen LogP contribution in [-0.4, -0.2) is 23.0 Å². The standard InChI is InChI=1S/C18H25ClN2O/c1-13(16-9-5-6-10-17(16)19)21(15-11-12-15)18(22)20-14-7-3-2-4-8-14/h5-6,9-10,13-15H,2-4,7-8,11-12H2,1H3,(H,20,22)/t13-/m0/s1. The van der Waals surface area contributed by atoms with E-state index in [2.05, 4.69) is 12.2 Å². The summed E-state index contributed by atoms with van der Waals surface area (Å²) in [6.45, 7) is 2.08. The molecule has 0 radical (unpaired) electrons. The fraction of sp³-hybridized carbons (Fsp3) is 0.611. The van der Waals surface area contributed by atoms with Crippen LogP contribution in [0.2, 0.25) is 5.02 Å². The van der Waals surface area contributed by atoms with Gasteiger partial charge in [-0.1, -0.05) is 49.1 Å². The van der Waals surface area contributed by atoms with Crippen LogP contribution in [0.5, 0.6) is 0 Å². The maximum Gasteiger partial charge on any atom is 0.318 e. The first kappa shape index (κ1) is 15.7. The van der Waals surface area contributed by atoms with E-state index < -0.39 is 0 Å². The molecule has 0 spiro atoms. The molecule has 0 unspecified atom stereocenters. The summed E-state index contributed by atoms with van der Waals surface area (Å²) < 4.78 is 0. The van der Waals surface area contributed by atoms with Crippen molar-refractivity contribution in [3.05, 3.63) is 34.9 Å². The highest BCUT2D eigenvalue weighted by Gasteiger charge is 2.37. The molecule has 2 aliphatic carbocycles. The summed E-state index contributed by atoms with van der Waals surface area (Å²) in [6, 6.07) is 8.67. The second-order valence-electron chi connectivity index (χ2n) is 6.62. The summed E-state index contributed by atoms with van der Waals surface area (Å²) >= 11 is 6.33. The number of carbonyl (C=O) groups is 1. The average molecular weight is 321 g/mol. The lowest BCUT2D eigenvalue weighted by molar-refractivity contribution is 0.168. The van der Waals surface area contributed by atoms with E-state index in [0.717, 1.165) is 36.3 Å². The third-order valence-electron chi connectivity index (χ3n) is 4.88. The average Bonchev–Trinajstić information content (AvgIpc) is 3.33. The van der Waals surface area contributed by atoms with Gasteiger partial charge in [0.15, 0.2) is 0 Å². The van der Waals surface area contributed by atoms with E-state index in [4.69, 9.17) is 11.6 Å². The van der Waals surface area contributed by atoms with E-state index in [9.17, 15) is 4.79 Å². The Morgan fingerprint density at radius 2 is 1.86 bits per heavy atom. The Kier molecular flexibility index (Phi) is 4.92. The molecule has 2 fully saturated rings. The molecule has 0 aliphatic heterocycles. The first-order valence-corrected chi connectivity index (χ1v) is 8.88. The van der Waals surface area contributed by atoms with Crippen LogP contribution in [0, 0.1) is 0 Å². The largest absolute Gasteiger partial charge is 0.335 e. The minimum atomic E-state index is 0.0183. The van der Waals surface area contributed by atoms with Crippen molar-refractivity contribution in [1.82, 2.24) is 10.2 Å². The van der Waals surface area contributed by atoms with E-state index in [-0.39, 0.29) is 12.1 Å². The minimum Gasteiger partial charge on any atom is -0.335 e. The molecule has 2 aliphatic rings. The van der Waals surface area contributed by atoms with Crippen LogP contribution in [0.3, 0.4) is 0 Å². The Hall–Kier alpha value is -1.22. The van der Waals surface area contributed by atoms with Crippen LogP contribution < -0.4 is 5.32 Å². The number of hydrogen-bond donors (Lipinski definition) is 1. The number of benzene rings is 1. The third-order valence-corrected chi connectivity index (χ3v) is 5.22. The summed E-state index contributed by atoms with van der Waals surface area (Å²) in [4.78, 5) is 14.8. The predicted octanol–water partition coefficient (Wildman–Crippen LogP) is 4.91. The van der Waals surface area contributed by atoms with Crippen molar-refractivity contribution in [3.8, 4) is 0 Å². The monoisotopic (exact) mass is 320 g/mol. The summed E-state index contributed by atoms with van der Waals surface area (Å²) in [5.41, 5.74) is 1.04. The minimum absolute atomic E-state index is 0.0183. The normalized spacial score (nSPS) is 20.5. The third kappa shape index (κ3) is 3.57. The molecule has 3 nitrogen and oxygen atoms in total.